The van der Waals surface area contributed by atoms with Crippen LogP contribution in [0, 0.1) is 5.82 Å². The second-order valence-corrected chi connectivity index (χ2v) is 13.4. The lowest BCUT2D eigenvalue weighted by molar-refractivity contribution is 0.627. The van der Waals surface area contributed by atoms with Gasteiger partial charge in [0.15, 0.2) is 5.58 Å². The third-order valence-electron chi connectivity index (χ3n) is 9.46. The standard InChI is InChI=1S/C44H27FN2OS/c45-30-16-20-32(21-17-30)47-39-12-6-4-10-35(39)38-26-33(23-25-40(38)47)46(31-18-14-29(15-19-31)28-8-2-1-3-9-28)34-22-24-37-42(27-34)49-44-36-11-5-7-13-41(36)48-43(37)44/h1-27H. The Hall–Kier alpha value is -6.17. The zero-order chi connectivity index (χ0) is 32.5. The van der Waals surface area contributed by atoms with Crippen LogP contribution in [0.25, 0.3) is 70.0 Å². The first kappa shape index (κ1) is 27.9. The summed E-state index contributed by atoms with van der Waals surface area (Å²) in [4.78, 5) is 2.33. The van der Waals surface area contributed by atoms with Gasteiger partial charge in [0.05, 0.1) is 15.7 Å². The van der Waals surface area contributed by atoms with E-state index in [4.69, 9.17) is 4.42 Å². The predicted molar refractivity (Wildman–Crippen MR) is 204 cm³/mol. The lowest BCUT2D eigenvalue weighted by atomic mass is 10.0. The molecule has 0 radical (unpaired) electrons. The van der Waals surface area contributed by atoms with Gasteiger partial charge in [-0.1, -0.05) is 72.8 Å². The molecule has 10 aromatic rings. The van der Waals surface area contributed by atoms with Crippen molar-refractivity contribution in [2.24, 2.45) is 0 Å². The molecule has 0 fully saturated rings. The molecule has 3 heterocycles. The van der Waals surface area contributed by atoms with Crippen LogP contribution in [0.15, 0.2) is 168 Å². The summed E-state index contributed by atoms with van der Waals surface area (Å²) in [5, 5.41) is 4.54. The van der Waals surface area contributed by atoms with Crippen molar-refractivity contribution in [1.29, 1.82) is 0 Å². The molecule has 7 aromatic carbocycles. The summed E-state index contributed by atoms with van der Waals surface area (Å²) in [6, 6.07) is 56.0. The minimum atomic E-state index is -0.246. The number of hydrogen-bond acceptors (Lipinski definition) is 3. The summed E-state index contributed by atoms with van der Waals surface area (Å²) in [6.07, 6.45) is 0. The second-order valence-electron chi connectivity index (χ2n) is 12.3. The van der Waals surface area contributed by atoms with Crippen LogP contribution in [0.4, 0.5) is 21.5 Å². The first-order valence-corrected chi connectivity index (χ1v) is 17.1. The minimum Gasteiger partial charge on any atom is -0.454 e. The molecular formula is C44H27FN2OS. The molecule has 0 unspecified atom stereocenters. The molecule has 0 saturated heterocycles. The van der Waals surface area contributed by atoms with Crippen molar-refractivity contribution in [2.45, 2.75) is 0 Å². The lowest BCUT2D eigenvalue weighted by Crippen LogP contribution is -2.09. The SMILES string of the molecule is Fc1ccc(-n2c3ccccc3c3cc(N(c4ccc(-c5ccccc5)cc4)c4ccc5c(c4)sc4c6ccccc6oc54)ccc32)cc1. The van der Waals surface area contributed by atoms with Crippen LogP contribution in [0.2, 0.25) is 0 Å². The largest absolute Gasteiger partial charge is 0.454 e. The Labute approximate surface area is 285 Å². The molecule has 0 amide bonds. The Morgan fingerprint density at radius 2 is 1.16 bits per heavy atom. The lowest BCUT2D eigenvalue weighted by Gasteiger charge is -2.26. The monoisotopic (exact) mass is 650 g/mol. The van der Waals surface area contributed by atoms with Crippen LogP contribution in [-0.4, -0.2) is 4.57 Å². The smallest absolute Gasteiger partial charge is 0.154 e. The van der Waals surface area contributed by atoms with Crippen molar-refractivity contribution in [3.05, 3.63) is 170 Å². The number of thiophene rings is 1. The summed E-state index contributed by atoms with van der Waals surface area (Å²) in [5.41, 5.74) is 10.5. The highest BCUT2D eigenvalue weighted by Gasteiger charge is 2.20. The Morgan fingerprint density at radius 1 is 0.510 bits per heavy atom. The number of para-hydroxylation sites is 2. The molecule has 0 N–H and O–H groups in total. The molecule has 3 nitrogen and oxygen atoms in total. The maximum Gasteiger partial charge on any atom is 0.154 e. The molecule has 0 bridgehead atoms. The molecule has 5 heteroatoms. The number of anilines is 3. The molecule has 0 aliphatic rings. The van der Waals surface area contributed by atoms with Crippen molar-refractivity contribution in [3.63, 3.8) is 0 Å². The van der Waals surface area contributed by atoms with Gasteiger partial charge in [-0.2, -0.15) is 0 Å². The van der Waals surface area contributed by atoms with Gasteiger partial charge >= 0.3 is 0 Å². The second kappa shape index (κ2) is 10.9. The van der Waals surface area contributed by atoms with Gasteiger partial charge in [0.25, 0.3) is 0 Å². The van der Waals surface area contributed by atoms with E-state index in [0.29, 0.717) is 0 Å². The number of benzene rings is 7. The van der Waals surface area contributed by atoms with Crippen molar-refractivity contribution in [2.75, 3.05) is 4.90 Å². The summed E-state index contributed by atoms with van der Waals surface area (Å²) in [7, 11) is 0. The van der Waals surface area contributed by atoms with Crippen LogP contribution in [0.5, 0.6) is 0 Å². The van der Waals surface area contributed by atoms with Gasteiger partial charge in [-0.05, 0) is 102 Å². The van der Waals surface area contributed by atoms with E-state index in [1.165, 1.54) is 32.7 Å². The van der Waals surface area contributed by atoms with Gasteiger partial charge in [-0.25, -0.2) is 4.39 Å². The predicted octanol–water partition coefficient (Wildman–Crippen LogP) is 13.2. The Bertz CT molecular complexity index is 2830. The maximum absolute atomic E-state index is 13.9. The normalized spacial score (nSPS) is 11.8. The van der Waals surface area contributed by atoms with Crippen LogP contribution in [0.3, 0.4) is 0 Å². The van der Waals surface area contributed by atoms with Crippen LogP contribution < -0.4 is 4.90 Å². The molecule has 10 rings (SSSR count). The summed E-state index contributed by atoms with van der Waals surface area (Å²) >= 11 is 1.78. The number of hydrogen-bond donors (Lipinski definition) is 0. The third kappa shape index (κ3) is 4.47. The molecule has 0 saturated carbocycles. The van der Waals surface area contributed by atoms with Crippen molar-refractivity contribution >= 4 is 81.5 Å². The highest BCUT2D eigenvalue weighted by Crippen LogP contribution is 2.45. The number of halogens is 1. The average Bonchev–Trinajstić information content (AvgIpc) is 3.81. The van der Waals surface area contributed by atoms with Gasteiger partial charge in [0.1, 0.15) is 11.4 Å². The van der Waals surface area contributed by atoms with Gasteiger partial charge in [-0.15, -0.1) is 11.3 Å². The van der Waals surface area contributed by atoms with E-state index in [1.54, 1.807) is 11.3 Å². The van der Waals surface area contributed by atoms with E-state index in [2.05, 4.69) is 131 Å². The number of aromatic nitrogens is 1. The Balaban J connectivity index is 1.17. The molecule has 0 aliphatic carbocycles. The van der Waals surface area contributed by atoms with Crippen molar-refractivity contribution in [3.8, 4) is 16.8 Å². The molecule has 0 aliphatic heterocycles. The molecular weight excluding hydrogens is 624 g/mol. The third-order valence-corrected chi connectivity index (χ3v) is 10.6. The van der Waals surface area contributed by atoms with E-state index in [0.717, 1.165) is 66.5 Å². The average molecular weight is 651 g/mol. The first-order chi connectivity index (χ1) is 24.2. The maximum atomic E-state index is 13.9. The number of rotatable bonds is 5. The van der Waals surface area contributed by atoms with E-state index in [-0.39, 0.29) is 5.82 Å². The first-order valence-electron chi connectivity index (χ1n) is 16.3. The van der Waals surface area contributed by atoms with E-state index < -0.39 is 0 Å². The van der Waals surface area contributed by atoms with Gasteiger partial charge in [-0.3, -0.25) is 0 Å². The van der Waals surface area contributed by atoms with Crippen LogP contribution >= 0.6 is 11.3 Å². The molecule has 0 atom stereocenters. The Morgan fingerprint density at radius 3 is 2.00 bits per heavy atom. The fourth-order valence-corrected chi connectivity index (χ4v) is 8.37. The van der Waals surface area contributed by atoms with Gasteiger partial charge < -0.3 is 13.9 Å². The van der Waals surface area contributed by atoms with Crippen molar-refractivity contribution < 1.29 is 8.81 Å². The Kier molecular flexibility index (Phi) is 6.23. The molecule has 49 heavy (non-hydrogen) atoms. The fourth-order valence-electron chi connectivity index (χ4n) is 7.18. The van der Waals surface area contributed by atoms with Crippen molar-refractivity contribution in [1.82, 2.24) is 4.57 Å². The number of furan rings is 1. The quantitative estimate of drug-likeness (QED) is 0.185. The number of nitrogens with zero attached hydrogens (tertiary/aromatic N) is 2. The van der Waals surface area contributed by atoms with Crippen LogP contribution in [0.1, 0.15) is 0 Å². The minimum absolute atomic E-state index is 0.246. The fraction of sp³-hybridized carbons (Fsp3) is 0. The van der Waals surface area contributed by atoms with E-state index >= 15 is 0 Å². The highest BCUT2D eigenvalue weighted by atomic mass is 32.1. The molecule has 232 valence electrons. The van der Waals surface area contributed by atoms with Gasteiger partial charge in [0, 0.05) is 49.0 Å². The van der Waals surface area contributed by atoms with E-state index in [9.17, 15) is 4.39 Å². The highest BCUT2D eigenvalue weighted by molar-refractivity contribution is 7.26. The molecule has 0 spiro atoms. The van der Waals surface area contributed by atoms with Gasteiger partial charge in [0.2, 0.25) is 0 Å². The number of fused-ring (bicyclic) bond motifs is 8. The van der Waals surface area contributed by atoms with Crippen LogP contribution in [-0.2, 0) is 0 Å². The summed E-state index contributed by atoms with van der Waals surface area (Å²) in [5.74, 6) is -0.246. The summed E-state index contributed by atoms with van der Waals surface area (Å²) in [6.45, 7) is 0. The zero-order valence-electron chi connectivity index (χ0n) is 26.2. The molecule has 3 aromatic heterocycles. The topological polar surface area (TPSA) is 21.3 Å². The van der Waals surface area contributed by atoms with E-state index in [1.807, 2.05) is 30.3 Å². The zero-order valence-corrected chi connectivity index (χ0v) is 27.0. The summed E-state index contributed by atoms with van der Waals surface area (Å²) < 4.78 is 24.8.